The minimum absolute atomic E-state index is 0.0756. The predicted octanol–water partition coefficient (Wildman–Crippen LogP) is 0.775. The number of anilines is 1. The number of fused-ring (bicyclic) bond motifs is 2. The van der Waals surface area contributed by atoms with E-state index >= 15 is 0 Å². The topological polar surface area (TPSA) is 125 Å². The summed E-state index contributed by atoms with van der Waals surface area (Å²) in [7, 11) is -3.76. The molecule has 0 saturated carbocycles. The summed E-state index contributed by atoms with van der Waals surface area (Å²) in [5.41, 5.74) is 5.05. The van der Waals surface area contributed by atoms with Gasteiger partial charge in [-0.2, -0.15) is 0 Å². The van der Waals surface area contributed by atoms with Gasteiger partial charge in [0, 0.05) is 6.07 Å². The van der Waals surface area contributed by atoms with E-state index in [-0.39, 0.29) is 34.5 Å². The Kier molecular flexibility index (Phi) is 3.34. The SMILES string of the molecule is Nc1cc(S(=O)(=O)NC2CC3CCC2O3)ccc1[N+](=O)[O-]. The number of nitrogen functional groups attached to an aromatic ring is 1. The third-order valence-corrected chi connectivity index (χ3v) is 5.41. The van der Waals surface area contributed by atoms with Crippen molar-refractivity contribution in [2.24, 2.45) is 0 Å². The number of nitrogens with one attached hydrogen (secondary N) is 1. The van der Waals surface area contributed by atoms with E-state index in [9.17, 15) is 18.5 Å². The van der Waals surface area contributed by atoms with Crippen LogP contribution in [0.15, 0.2) is 23.1 Å². The number of nitrogens with zero attached hydrogens (tertiary/aromatic N) is 1. The molecular formula is C12H15N3O5S. The van der Waals surface area contributed by atoms with E-state index in [4.69, 9.17) is 10.5 Å². The lowest BCUT2D eigenvalue weighted by molar-refractivity contribution is -0.383. The minimum Gasteiger partial charge on any atom is -0.393 e. The number of nitro groups is 1. The second-order valence-corrected chi connectivity index (χ2v) is 7.03. The van der Waals surface area contributed by atoms with Crippen molar-refractivity contribution in [2.45, 2.75) is 42.4 Å². The number of sulfonamides is 1. The molecule has 1 aromatic rings. The van der Waals surface area contributed by atoms with Crippen molar-refractivity contribution >= 4 is 21.4 Å². The second-order valence-electron chi connectivity index (χ2n) is 5.32. The standard InChI is InChI=1S/C12H15N3O5S/c13-9-6-8(2-3-11(9)15(16)17)21(18,19)14-10-5-7-1-4-12(10)20-7/h2-3,6-7,10,12,14H,1,4-5,13H2. The number of benzene rings is 1. The first kappa shape index (κ1) is 14.2. The molecule has 114 valence electrons. The second kappa shape index (κ2) is 4.93. The Labute approximate surface area is 121 Å². The van der Waals surface area contributed by atoms with Crippen LogP contribution in [0.1, 0.15) is 19.3 Å². The first-order chi connectivity index (χ1) is 9.87. The van der Waals surface area contributed by atoms with Crippen LogP contribution in [0.25, 0.3) is 0 Å². The van der Waals surface area contributed by atoms with Crippen molar-refractivity contribution in [3.63, 3.8) is 0 Å². The predicted molar refractivity (Wildman–Crippen MR) is 74.1 cm³/mol. The van der Waals surface area contributed by atoms with Crippen molar-refractivity contribution < 1.29 is 18.1 Å². The maximum Gasteiger partial charge on any atom is 0.292 e. The molecule has 9 heteroatoms. The van der Waals surface area contributed by atoms with Crippen molar-refractivity contribution in [3.05, 3.63) is 28.3 Å². The third-order valence-electron chi connectivity index (χ3n) is 3.92. The summed E-state index contributed by atoms with van der Waals surface area (Å²) in [6, 6.07) is 3.14. The van der Waals surface area contributed by atoms with E-state index in [0.29, 0.717) is 6.42 Å². The number of nitrogens with two attached hydrogens (primary N) is 1. The zero-order chi connectivity index (χ0) is 15.2. The van der Waals surface area contributed by atoms with Gasteiger partial charge in [0.15, 0.2) is 0 Å². The molecule has 2 aliphatic heterocycles. The Hall–Kier alpha value is -1.71. The summed E-state index contributed by atoms with van der Waals surface area (Å²) in [4.78, 5) is 9.97. The number of nitro benzene ring substituents is 1. The van der Waals surface area contributed by atoms with Gasteiger partial charge in [-0.15, -0.1) is 0 Å². The third kappa shape index (κ3) is 2.59. The van der Waals surface area contributed by atoms with Crippen LogP contribution in [0.2, 0.25) is 0 Å². The lowest BCUT2D eigenvalue weighted by atomic mass is 9.96. The quantitative estimate of drug-likeness (QED) is 0.480. The molecule has 3 atom stereocenters. The van der Waals surface area contributed by atoms with Gasteiger partial charge < -0.3 is 10.5 Å². The van der Waals surface area contributed by atoms with E-state index in [1.54, 1.807) is 0 Å². The highest BCUT2D eigenvalue weighted by molar-refractivity contribution is 7.89. The monoisotopic (exact) mass is 313 g/mol. The fraction of sp³-hybridized carbons (Fsp3) is 0.500. The van der Waals surface area contributed by atoms with Gasteiger partial charge in [-0.25, -0.2) is 13.1 Å². The molecule has 0 aliphatic carbocycles. The van der Waals surface area contributed by atoms with E-state index in [1.807, 2.05) is 0 Å². The van der Waals surface area contributed by atoms with Gasteiger partial charge in [0.1, 0.15) is 5.69 Å². The molecule has 1 aromatic carbocycles. The molecule has 21 heavy (non-hydrogen) atoms. The molecule has 8 nitrogen and oxygen atoms in total. The summed E-state index contributed by atoms with van der Waals surface area (Å²) >= 11 is 0. The first-order valence-electron chi connectivity index (χ1n) is 6.58. The van der Waals surface area contributed by atoms with Crippen LogP contribution in [0.3, 0.4) is 0 Å². The van der Waals surface area contributed by atoms with Gasteiger partial charge in [0.05, 0.1) is 28.1 Å². The molecule has 0 spiro atoms. The van der Waals surface area contributed by atoms with Crippen molar-refractivity contribution in [2.75, 3.05) is 5.73 Å². The highest BCUT2D eigenvalue weighted by Crippen LogP contribution is 2.35. The average molecular weight is 313 g/mol. The molecular weight excluding hydrogens is 298 g/mol. The molecule has 0 amide bonds. The van der Waals surface area contributed by atoms with Crippen molar-refractivity contribution in [3.8, 4) is 0 Å². The van der Waals surface area contributed by atoms with Crippen LogP contribution in [0.4, 0.5) is 11.4 Å². The summed E-state index contributed by atoms with van der Waals surface area (Å²) in [6.07, 6.45) is 2.52. The Morgan fingerprint density at radius 3 is 2.67 bits per heavy atom. The Balaban J connectivity index is 1.82. The number of hydrogen-bond acceptors (Lipinski definition) is 6. The highest BCUT2D eigenvalue weighted by Gasteiger charge is 2.42. The molecule has 3 rings (SSSR count). The van der Waals surface area contributed by atoms with Crippen molar-refractivity contribution in [1.82, 2.24) is 4.72 Å². The van der Waals surface area contributed by atoms with Gasteiger partial charge in [-0.05, 0) is 31.4 Å². The summed E-state index contributed by atoms with van der Waals surface area (Å²) in [6.45, 7) is 0. The summed E-state index contributed by atoms with van der Waals surface area (Å²) < 4.78 is 32.8. The van der Waals surface area contributed by atoms with Gasteiger partial charge in [-0.3, -0.25) is 10.1 Å². The van der Waals surface area contributed by atoms with Crippen LogP contribution < -0.4 is 10.5 Å². The maximum absolute atomic E-state index is 12.3. The largest absolute Gasteiger partial charge is 0.393 e. The van der Waals surface area contributed by atoms with E-state index < -0.39 is 14.9 Å². The molecule has 2 saturated heterocycles. The van der Waals surface area contributed by atoms with Crippen LogP contribution in [0, 0.1) is 10.1 Å². The van der Waals surface area contributed by atoms with E-state index in [0.717, 1.165) is 25.0 Å². The van der Waals surface area contributed by atoms with Crippen LogP contribution in [-0.2, 0) is 14.8 Å². The van der Waals surface area contributed by atoms with Crippen molar-refractivity contribution in [1.29, 1.82) is 0 Å². The molecule has 3 unspecified atom stereocenters. The summed E-state index contributed by atoms with van der Waals surface area (Å²) in [5, 5.41) is 10.7. The molecule has 2 bridgehead atoms. The normalized spacial score (nSPS) is 27.9. The van der Waals surface area contributed by atoms with Crippen LogP contribution >= 0.6 is 0 Å². The molecule has 0 aromatic heterocycles. The number of hydrogen-bond donors (Lipinski definition) is 2. The number of ether oxygens (including phenoxy) is 1. The van der Waals surface area contributed by atoms with Gasteiger partial charge >= 0.3 is 0 Å². The first-order valence-corrected chi connectivity index (χ1v) is 8.07. The number of rotatable bonds is 4. The molecule has 2 aliphatic rings. The summed E-state index contributed by atoms with van der Waals surface area (Å²) in [5.74, 6) is 0. The Morgan fingerprint density at radius 2 is 2.14 bits per heavy atom. The highest BCUT2D eigenvalue weighted by atomic mass is 32.2. The Morgan fingerprint density at radius 1 is 1.38 bits per heavy atom. The van der Waals surface area contributed by atoms with E-state index in [1.165, 1.54) is 6.07 Å². The van der Waals surface area contributed by atoms with Crippen LogP contribution in [-0.4, -0.2) is 31.6 Å². The molecule has 3 N–H and O–H groups in total. The van der Waals surface area contributed by atoms with Gasteiger partial charge in [0.25, 0.3) is 5.69 Å². The molecule has 0 radical (unpaired) electrons. The fourth-order valence-corrected chi connectivity index (χ4v) is 4.21. The Bertz CT molecular complexity index is 690. The smallest absolute Gasteiger partial charge is 0.292 e. The molecule has 2 fully saturated rings. The van der Waals surface area contributed by atoms with E-state index in [2.05, 4.69) is 4.72 Å². The zero-order valence-electron chi connectivity index (χ0n) is 11.1. The minimum atomic E-state index is -3.76. The maximum atomic E-state index is 12.3. The zero-order valence-corrected chi connectivity index (χ0v) is 11.9. The van der Waals surface area contributed by atoms with Gasteiger partial charge in [0.2, 0.25) is 10.0 Å². The van der Waals surface area contributed by atoms with Crippen LogP contribution in [0.5, 0.6) is 0 Å². The van der Waals surface area contributed by atoms with Gasteiger partial charge in [-0.1, -0.05) is 0 Å². The lowest BCUT2D eigenvalue weighted by Crippen LogP contribution is -2.41. The lowest BCUT2D eigenvalue weighted by Gasteiger charge is -2.20. The molecule has 2 heterocycles. The average Bonchev–Trinajstić information content (AvgIpc) is 2.99. The fourth-order valence-electron chi connectivity index (χ4n) is 2.90.